The number of H-pyrrole nitrogens is 1. The Kier molecular flexibility index (Phi) is 10.5. The molecule has 6 rings (SSSR count). The Morgan fingerprint density at radius 3 is 1.84 bits per heavy atom. The first-order valence-electron chi connectivity index (χ1n) is 15.9. The number of nitrogens with one attached hydrogen (secondary N) is 2. The molecule has 4 aromatic carbocycles. The second-order valence-electron chi connectivity index (χ2n) is 12.3. The van der Waals surface area contributed by atoms with E-state index in [2.05, 4.69) is 10.3 Å². The van der Waals surface area contributed by atoms with Crippen LogP contribution >= 0.6 is 0 Å². The molecule has 0 saturated heterocycles. The maximum atomic E-state index is 14.3. The van der Waals surface area contributed by atoms with Gasteiger partial charge in [0.15, 0.2) is 15.6 Å². The zero-order chi connectivity index (χ0) is 41.8. The Hall–Kier alpha value is -5.82. The lowest BCUT2D eigenvalue weighted by Crippen LogP contribution is -2.26. The van der Waals surface area contributed by atoms with Crippen molar-refractivity contribution in [1.29, 1.82) is 0 Å². The third-order valence-electron chi connectivity index (χ3n) is 8.64. The number of aliphatic carboxylic acids is 1. The van der Waals surface area contributed by atoms with Gasteiger partial charge in [-0.05, 0) is 35.7 Å². The Morgan fingerprint density at radius 2 is 1.28 bits per heavy atom. The molecule has 5 aromatic rings. The number of ketones is 1. The van der Waals surface area contributed by atoms with Crippen molar-refractivity contribution in [3.8, 4) is 11.1 Å². The molecule has 0 spiro atoms. The number of aromatic nitrogens is 1. The van der Waals surface area contributed by atoms with Crippen LogP contribution in [-0.4, -0.2) is 80.9 Å². The summed E-state index contributed by atoms with van der Waals surface area (Å²) in [5, 5.41) is 10.5. The van der Waals surface area contributed by atoms with E-state index in [1.165, 1.54) is 24.3 Å². The molecule has 0 fully saturated rings. The number of carboxylic acids is 1. The molecule has 298 valence electrons. The summed E-state index contributed by atoms with van der Waals surface area (Å²) in [7, 11) is -21.6. The van der Waals surface area contributed by atoms with E-state index in [0.29, 0.717) is 11.6 Å². The number of carbonyl (C=O) groups excluding carboxylic acids is 2. The van der Waals surface area contributed by atoms with Gasteiger partial charge in [0.25, 0.3) is 35.9 Å². The number of aromatic amines is 1. The summed E-state index contributed by atoms with van der Waals surface area (Å²) < 4.78 is 139. The van der Waals surface area contributed by atoms with Gasteiger partial charge in [-0.25, -0.2) is 13.2 Å². The van der Waals surface area contributed by atoms with Crippen LogP contribution in [0.5, 0.6) is 0 Å². The van der Waals surface area contributed by atoms with E-state index in [1.807, 2.05) is 0 Å². The average molecular weight is 863 g/mol. The van der Waals surface area contributed by atoms with E-state index in [1.54, 1.807) is 30.3 Å². The zero-order valence-corrected chi connectivity index (χ0v) is 31.8. The van der Waals surface area contributed by atoms with Crippen LogP contribution in [-0.2, 0) is 56.3 Å². The summed E-state index contributed by atoms with van der Waals surface area (Å²) in [4.78, 5) is 49.4. The monoisotopic (exact) mass is 862 g/mol. The molecule has 1 aliphatic carbocycles. The first kappa shape index (κ1) is 40.8. The van der Waals surface area contributed by atoms with E-state index in [4.69, 9.17) is 9.84 Å². The summed E-state index contributed by atoms with van der Waals surface area (Å²) in [6.07, 6.45) is -1.21. The molecular formula is C34H26N2O17S4. The van der Waals surface area contributed by atoms with Gasteiger partial charge in [0.1, 0.15) is 26.9 Å². The highest BCUT2D eigenvalue weighted by atomic mass is 32.2. The summed E-state index contributed by atoms with van der Waals surface area (Å²) in [5.41, 5.74) is -5.85. The minimum Gasteiger partial charge on any atom is -0.481 e. The molecule has 0 radical (unpaired) electrons. The Balaban J connectivity index is 1.69. The number of pyridine rings is 1. The van der Waals surface area contributed by atoms with Crippen molar-refractivity contribution in [2.75, 3.05) is 11.1 Å². The van der Waals surface area contributed by atoms with Gasteiger partial charge in [-0.2, -0.15) is 25.3 Å². The highest BCUT2D eigenvalue weighted by Crippen LogP contribution is 2.46. The fraction of sp³-hybridized carbons (Fsp3) is 0.118. The summed E-state index contributed by atoms with van der Waals surface area (Å²) in [6, 6.07) is 14.5. The number of esters is 1. The lowest BCUT2D eigenvalue weighted by atomic mass is 9.81. The standard InChI is InChI=1S/C34H26N2O17S4/c37-25(38)11-6-12-54(42,43)18-13-22(55(44,45)46)30(23(14-18)56(47,48)49)35-21-15-24(57(50,51)52)31-28-26(19-9-4-5-10-20(19)32(39)27(21)28)29(33(40)36-31)34(41)53-16-17-7-2-1-3-8-17/h1-5,7-10,13-15,35H,6,11-12,16H2,(H,36,40)(H,37,38)(H,44,45,46)(H,47,48,49)(H,50,51,52). The molecule has 0 unspecified atom stereocenters. The van der Waals surface area contributed by atoms with Crippen molar-refractivity contribution in [2.45, 2.75) is 39.0 Å². The molecular weight excluding hydrogens is 837 g/mol. The Bertz CT molecular complexity index is 3030. The molecule has 0 amide bonds. The minimum atomic E-state index is -5.72. The fourth-order valence-electron chi connectivity index (χ4n) is 6.22. The lowest BCUT2D eigenvalue weighted by Gasteiger charge is -2.25. The van der Waals surface area contributed by atoms with Gasteiger partial charge >= 0.3 is 11.9 Å². The molecule has 57 heavy (non-hydrogen) atoms. The van der Waals surface area contributed by atoms with Crippen LogP contribution in [0.4, 0.5) is 11.4 Å². The van der Waals surface area contributed by atoms with Gasteiger partial charge < -0.3 is 20.1 Å². The molecule has 1 aliphatic rings. The SMILES string of the molecule is O=C(O)CCCS(=O)(=O)c1cc(S(=O)(=O)O)c(Nc2cc(S(=O)(=O)O)c3[nH]c(=O)c(C(=O)OCc4ccccc4)c4c3c2C(=O)c2ccccc2-4)c(S(=O)(=O)O)c1. The molecule has 0 bridgehead atoms. The Morgan fingerprint density at radius 1 is 0.719 bits per heavy atom. The average Bonchev–Trinajstić information content (AvgIpc) is 3.11. The number of ether oxygens (including phenoxy) is 1. The van der Waals surface area contributed by atoms with Gasteiger partial charge in [0.05, 0.1) is 33.1 Å². The van der Waals surface area contributed by atoms with Crippen molar-refractivity contribution in [2.24, 2.45) is 0 Å². The third kappa shape index (κ3) is 7.93. The molecule has 23 heteroatoms. The first-order valence-corrected chi connectivity index (χ1v) is 21.9. The van der Waals surface area contributed by atoms with Crippen LogP contribution in [0.2, 0.25) is 0 Å². The van der Waals surface area contributed by atoms with Crippen LogP contribution in [0.3, 0.4) is 0 Å². The van der Waals surface area contributed by atoms with Crippen LogP contribution < -0.4 is 10.9 Å². The number of anilines is 2. The van der Waals surface area contributed by atoms with E-state index in [9.17, 15) is 66.5 Å². The largest absolute Gasteiger partial charge is 0.481 e. The normalized spacial score (nSPS) is 12.9. The van der Waals surface area contributed by atoms with Crippen molar-refractivity contribution in [1.82, 2.24) is 4.98 Å². The predicted molar refractivity (Wildman–Crippen MR) is 197 cm³/mol. The lowest BCUT2D eigenvalue weighted by molar-refractivity contribution is -0.137. The number of sulfone groups is 1. The second kappa shape index (κ2) is 14.6. The molecule has 19 nitrogen and oxygen atoms in total. The smallest absolute Gasteiger partial charge is 0.344 e. The maximum Gasteiger partial charge on any atom is 0.344 e. The van der Waals surface area contributed by atoms with Gasteiger partial charge in [-0.3, -0.25) is 28.0 Å². The summed E-state index contributed by atoms with van der Waals surface area (Å²) >= 11 is 0. The van der Waals surface area contributed by atoms with Crippen molar-refractivity contribution in [3.05, 3.63) is 105 Å². The van der Waals surface area contributed by atoms with E-state index in [-0.39, 0.29) is 29.9 Å². The number of hydrogen-bond donors (Lipinski definition) is 6. The zero-order valence-electron chi connectivity index (χ0n) is 28.5. The first-order chi connectivity index (χ1) is 26.5. The Labute approximate surface area is 322 Å². The van der Waals surface area contributed by atoms with Gasteiger partial charge in [0, 0.05) is 22.9 Å². The highest BCUT2D eigenvalue weighted by molar-refractivity contribution is 7.91. The number of benzene rings is 4. The number of rotatable bonds is 13. The molecule has 0 atom stereocenters. The van der Waals surface area contributed by atoms with Crippen molar-refractivity contribution in [3.63, 3.8) is 0 Å². The summed E-state index contributed by atoms with van der Waals surface area (Å²) in [5.74, 6) is -4.64. The maximum absolute atomic E-state index is 14.3. The van der Waals surface area contributed by atoms with E-state index in [0.717, 1.165) is 0 Å². The van der Waals surface area contributed by atoms with Crippen LogP contribution in [0.25, 0.3) is 22.0 Å². The van der Waals surface area contributed by atoms with Gasteiger partial charge in [-0.15, -0.1) is 0 Å². The second-order valence-corrected chi connectivity index (χ2v) is 18.6. The highest BCUT2D eigenvalue weighted by Gasteiger charge is 2.37. The van der Waals surface area contributed by atoms with Crippen LogP contribution in [0.15, 0.2) is 97.2 Å². The number of hydrogen-bond acceptors (Lipinski definition) is 14. The topological polar surface area (TPSA) is 323 Å². The third-order valence-corrected chi connectivity index (χ3v) is 13.1. The molecule has 1 heterocycles. The van der Waals surface area contributed by atoms with E-state index < -0.39 is 141 Å². The van der Waals surface area contributed by atoms with Crippen molar-refractivity contribution < 1.29 is 71.6 Å². The fourth-order valence-corrected chi connectivity index (χ4v) is 9.86. The molecule has 0 aliphatic heterocycles. The van der Waals surface area contributed by atoms with Gasteiger partial charge in [0.2, 0.25) is 0 Å². The molecule has 1 aromatic heterocycles. The molecule has 6 N–H and O–H groups in total. The molecule has 0 saturated carbocycles. The van der Waals surface area contributed by atoms with Crippen LogP contribution in [0, 0.1) is 0 Å². The summed E-state index contributed by atoms with van der Waals surface area (Å²) in [6.45, 7) is -0.357. The minimum absolute atomic E-state index is 0.106. The quantitative estimate of drug-likeness (QED) is 0.0717. The number of carboxylic acid groups (broad SMARTS) is 1. The predicted octanol–water partition coefficient (Wildman–Crippen LogP) is 3.22. The van der Waals surface area contributed by atoms with Gasteiger partial charge in [-0.1, -0.05) is 54.6 Å². The number of carbonyl (C=O) groups is 3. The van der Waals surface area contributed by atoms with Crippen LogP contribution in [0.1, 0.15) is 44.7 Å². The number of fused-ring (bicyclic) bond motifs is 2. The van der Waals surface area contributed by atoms with E-state index >= 15 is 0 Å². The van der Waals surface area contributed by atoms with Crippen molar-refractivity contribution >= 4 is 80.2 Å².